The number of hydrogen-bond acceptors (Lipinski definition) is 3. The highest BCUT2D eigenvalue weighted by Gasteiger charge is 2.41. The molecule has 2 heterocycles. The number of piperidine rings is 1. The lowest BCUT2D eigenvalue weighted by Crippen LogP contribution is -2.67. The molecule has 0 aromatic rings. The van der Waals surface area contributed by atoms with Crippen LogP contribution < -0.4 is 5.32 Å². The van der Waals surface area contributed by atoms with Crippen molar-refractivity contribution < 1.29 is 4.79 Å². The van der Waals surface area contributed by atoms with Crippen LogP contribution in [0.2, 0.25) is 0 Å². The number of piperazine rings is 1. The summed E-state index contributed by atoms with van der Waals surface area (Å²) in [7, 11) is 4.23. The van der Waals surface area contributed by atoms with Crippen LogP contribution in [0.25, 0.3) is 0 Å². The maximum atomic E-state index is 11.2. The molecule has 2 fully saturated rings. The Bertz CT molecular complexity index is 244. The number of likely N-dealkylation sites (N-methyl/N-ethyl adjacent to an activating group) is 2. The maximum Gasteiger partial charge on any atom is 0.234 e. The third-order valence-corrected chi connectivity index (χ3v) is 3.55. The zero-order chi connectivity index (χ0) is 10.2. The number of nitrogens with one attached hydrogen (secondary N) is 1. The highest BCUT2D eigenvalue weighted by molar-refractivity contribution is 5.79. The van der Waals surface area contributed by atoms with E-state index in [1.165, 1.54) is 19.4 Å². The van der Waals surface area contributed by atoms with Crippen molar-refractivity contribution >= 4 is 5.91 Å². The molecule has 0 saturated carbocycles. The topological polar surface area (TPSA) is 35.6 Å². The minimum atomic E-state index is 0.159. The molecule has 80 valence electrons. The van der Waals surface area contributed by atoms with Crippen molar-refractivity contribution in [3.05, 3.63) is 0 Å². The normalized spacial score (nSPS) is 36.0. The number of carbonyl (C=O) groups is 1. The summed E-state index contributed by atoms with van der Waals surface area (Å²) in [6, 6.07) is 0. The highest BCUT2D eigenvalue weighted by atomic mass is 16.2. The van der Waals surface area contributed by atoms with Crippen LogP contribution in [-0.2, 0) is 4.79 Å². The standard InChI is InChI=1S/C10H19N3O/c1-12-5-3-4-10(8-12)7-11-9(14)6-13(10)2/h3-8H2,1-2H3,(H,11,14). The van der Waals surface area contributed by atoms with E-state index in [1.807, 2.05) is 0 Å². The fourth-order valence-corrected chi connectivity index (χ4v) is 2.63. The predicted molar refractivity (Wildman–Crippen MR) is 55.1 cm³/mol. The second-order valence-corrected chi connectivity index (χ2v) is 4.70. The summed E-state index contributed by atoms with van der Waals surface area (Å²) in [4.78, 5) is 15.8. The smallest absolute Gasteiger partial charge is 0.234 e. The minimum Gasteiger partial charge on any atom is -0.353 e. The van der Waals surface area contributed by atoms with Gasteiger partial charge in [0.1, 0.15) is 0 Å². The first-order valence-electron chi connectivity index (χ1n) is 5.29. The van der Waals surface area contributed by atoms with Gasteiger partial charge in [0.15, 0.2) is 0 Å². The van der Waals surface area contributed by atoms with Crippen molar-refractivity contribution in [1.82, 2.24) is 15.1 Å². The molecule has 14 heavy (non-hydrogen) atoms. The molecule has 1 amide bonds. The van der Waals surface area contributed by atoms with E-state index in [2.05, 4.69) is 29.2 Å². The average Bonchev–Trinajstić information content (AvgIpc) is 2.13. The van der Waals surface area contributed by atoms with Gasteiger partial charge in [0, 0.05) is 13.1 Å². The molecule has 2 rings (SSSR count). The fraction of sp³-hybridized carbons (Fsp3) is 0.900. The lowest BCUT2D eigenvalue weighted by molar-refractivity contribution is -0.129. The molecular weight excluding hydrogens is 178 g/mol. The third kappa shape index (κ3) is 1.64. The zero-order valence-electron chi connectivity index (χ0n) is 9.05. The lowest BCUT2D eigenvalue weighted by Gasteiger charge is -2.49. The minimum absolute atomic E-state index is 0.159. The van der Waals surface area contributed by atoms with Crippen molar-refractivity contribution in [2.24, 2.45) is 0 Å². The molecule has 0 bridgehead atoms. The maximum absolute atomic E-state index is 11.2. The number of nitrogens with zero attached hydrogens (tertiary/aromatic N) is 2. The summed E-state index contributed by atoms with van der Waals surface area (Å²) in [6.07, 6.45) is 2.44. The van der Waals surface area contributed by atoms with Crippen molar-refractivity contribution in [2.45, 2.75) is 18.4 Å². The number of rotatable bonds is 0. The number of likely N-dealkylation sites (tertiary alicyclic amines) is 1. The summed E-state index contributed by atoms with van der Waals surface area (Å²) >= 11 is 0. The monoisotopic (exact) mass is 197 g/mol. The molecule has 2 saturated heterocycles. The largest absolute Gasteiger partial charge is 0.353 e. The Balaban J connectivity index is 2.09. The van der Waals surface area contributed by atoms with Crippen molar-refractivity contribution in [2.75, 3.05) is 40.3 Å². The second kappa shape index (κ2) is 3.51. The number of hydrogen-bond donors (Lipinski definition) is 1. The average molecular weight is 197 g/mol. The van der Waals surface area contributed by atoms with Crippen molar-refractivity contribution in [1.29, 1.82) is 0 Å². The van der Waals surface area contributed by atoms with Gasteiger partial charge in [-0.15, -0.1) is 0 Å². The van der Waals surface area contributed by atoms with Crippen molar-refractivity contribution in [3.63, 3.8) is 0 Å². The molecule has 1 unspecified atom stereocenters. The van der Waals surface area contributed by atoms with Crippen LogP contribution in [0.15, 0.2) is 0 Å². The summed E-state index contributed by atoms with van der Waals surface area (Å²) in [5.74, 6) is 0.159. The van der Waals surface area contributed by atoms with Gasteiger partial charge in [-0.3, -0.25) is 9.69 Å². The number of amides is 1. The summed E-state index contributed by atoms with van der Waals surface area (Å²) < 4.78 is 0. The summed E-state index contributed by atoms with van der Waals surface area (Å²) in [5.41, 5.74) is 0.195. The Morgan fingerprint density at radius 3 is 2.86 bits per heavy atom. The molecule has 0 aromatic heterocycles. The first-order valence-corrected chi connectivity index (χ1v) is 5.29. The van der Waals surface area contributed by atoms with E-state index < -0.39 is 0 Å². The molecule has 2 aliphatic rings. The molecule has 0 aromatic carbocycles. The Labute approximate surface area is 85.2 Å². The van der Waals surface area contributed by atoms with Crippen LogP contribution in [0.4, 0.5) is 0 Å². The van der Waals surface area contributed by atoms with Crippen molar-refractivity contribution in [3.8, 4) is 0 Å². The summed E-state index contributed by atoms with van der Waals surface area (Å²) in [6.45, 7) is 3.62. The SMILES string of the molecule is CN1CCCC2(CNC(=O)CN2C)C1. The zero-order valence-corrected chi connectivity index (χ0v) is 9.05. The second-order valence-electron chi connectivity index (χ2n) is 4.70. The first kappa shape index (κ1) is 9.93. The van der Waals surface area contributed by atoms with Gasteiger partial charge in [0.05, 0.1) is 12.1 Å². The Morgan fingerprint density at radius 2 is 2.21 bits per heavy atom. The fourth-order valence-electron chi connectivity index (χ4n) is 2.63. The van der Waals surface area contributed by atoms with Gasteiger partial charge in [0.2, 0.25) is 5.91 Å². The molecule has 4 nitrogen and oxygen atoms in total. The molecule has 0 radical (unpaired) electrons. The predicted octanol–water partition coefficient (Wildman–Crippen LogP) is -0.488. The Kier molecular flexibility index (Phi) is 2.49. The van der Waals surface area contributed by atoms with Crippen LogP contribution in [0.1, 0.15) is 12.8 Å². The van der Waals surface area contributed by atoms with E-state index in [4.69, 9.17) is 0 Å². The van der Waals surface area contributed by atoms with Gasteiger partial charge < -0.3 is 10.2 Å². The summed E-state index contributed by atoms with van der Waals surface area (Å²) in [5, 5.41) is 2.99. The highest BCUT2D eigenvalue weighted by Crippen LogP contribution is 2.27. The molecule has 1 N–H and O–H groups in total. The van der Waals surface area contributed by atoms with Crippen LogP contribution in [-0.4, -0.2) is 61.5 Å². The van der Waals surface area contributed by atoms with E-state index in [-0.39, 0.29) is 11.4 Å². The van der Waals surface area contributed by atoms with Gasteiger partial charge in [-0.2, -0.15) is 0 Å². The van der Waals surface area contributed by atoms with Crippen LogP contribution in [0.5, 0.6) is 0 Å². The Hall–Kier alpha value is -0.610. The van der Waals surface area contributed by atoms with E-state index >= 15 is 0 Å². The lowest BCUT2D eigenvalue weighted by atomic mass is 9.86. The van der Waals surface area contributed by atoms with E-state index in [0.29, 0.717) is 6.54 Å². The van der Waals surface area contributed by atoms with E-state index in [9.17, 15) is 4.79 Å². The van der Waals surface area contributed by atoms with E-state index in [1.54, 1.807) is 0 Å². The van der Waals surface area contributed by atoms with Crippen LogP contribution in [0, 0.1) is 0 Å². The first-order chi connectivity index (χ1) is 6.62. The van der Waals surface area contributed by atoms with Gasteiger partial charge in [-0.05, 0) is 33.5 Å². The molecular formula is C10H19N3O. The van der Waals surface area contributed by atoms with Gasteiger partial charge in [0.25, 0.3) is 0 Å². The van der Waals surface area contributed by atoms with Crippen LogP contribution in [0.3, 0.4) is 0 Å². The van der Waals surface area contributed by atoms with E-state index in [0.717, 1.165) is 13.1 Å². The van der Waals surface area contributed by atoms with Crippen LogP contribution >= 0.6 is 0 Å². The molecule has 1 spiro atoms. The molecule has 1 atom stereocenters. The van der Waals surface area contributed by atoms with Gasteiger partial charge in [-0.25, -0.2) is 0 Å². The molecule has 2 aliphatic heterocycles. The van der Waals surface area contributed by atoms with Gasteiger partial charge >= 0.3 is 0 Å². The number of carbonyl (C=O) groups excluding carboxylic acids is 1. The molecule has 4 heteroatoms. The van der Waals surface area contributed by atoms with Gasteiger partial charge in [-0.1, -0.05) is 0 Å². The quantitative estimate of drug-likeness (QED) is 0.569. The molecule has 0 aliphatic carbocycles. The third-order valence-electron chi connectivity index (χ3n) is 3.55. The Morgan fingerprint density at radius 1 is 1.43 bits per heavy atom.